The maximum atomic E-state index is 14.8. The molecule has 9 amide bonds. The number of carbonyl (C=O) groups excluding carboxylic acids is 9. The molecule has 1 fully saturated rings. The summed E-state index contributed by atoms with van der Waals surface area (Å²) in [6, 6.07) is 15.6. The van der Waals surface area contributed by atoms with Crippen molar-refractivity contribution in [2.24, 2.45) is 29.6 Å². The van der Waals surface area contributed by atoms with E-state index in [9.17, 15) is 48.3 Å². The van der Waals surface area contributed by atoms with Gasteiger partial charge in [-0.15, -0.1) is 0 Å². The van der Waals surface area contributed by atoms with Crippen LogP contribution in [0.4, 0.5) is 21.9 Å². The average molecular weight is 1400 g/mol. The van der Waals surface area contributed by atoms with Crippen molar-refractivity contribution in [1.29, 1.82) is 0 Å². The van der Waals surface area contributed by atoms with Gasteiger partial charge in [-0.1, -0.05) is 111 Å². The molecule has 0 radical (unpaired) electrons. The predicted molar refractivity (Wildman–Crippen MR) is 379 cm³/mol. The highest BCUT2D eigenvalue weighted by Gasteiger charge is 2.44. The number of amides is 9. The number of nitrogens with two attached hydrogens (primary N) is 2. The summed E-state index contributed by atoms with van der Waals surface area (Å²) in [5.41, 5.74) is 14.2. The Morgan fingerprint density at radius 3 is 1.83 bits per heavy atom. The molecule has 0 bridgehead atoms. The smallest absolute Gasteiger partial charge is 0.410 e. The number of nitrogen functional groups attached to an aromatic ring is 2. The number of nitrogens with one attached hydrogen (secondary N) is 6. The van der Waals surface area contributed by atoms with Crippen molar-refractivity contribution >= 4 is 70.4 Å². The van der Waals surface area contributed by atoms with Crippen molar-refractivity contribution in [3.63, 3.8) is 0 Å². The van der Waals surface area contributed by atoms with E-state index in [1.807, 2.05) is 45.9 Å². The summed E-state index contributed by atoms with van der Waals surface area (Å²) < 4.78 is 39.7. The van der Waals surface area contributed by atoms with Gasteiger partial charge in [-0.2, -0.15) is 0 Å². The molecule has 3 aromatic rings. The number of hydrogen-bond acceptors (Lipinski definition) is 19. The van der Waals surface area contributed by atoms with E-state index in [0.29, 0.717) is 99.1 Å². The summed E-state index contributed by atoms with van der Waals surface area (Å²) in [5.74, 6) is -5.28. The zero-order chi connectivity index (χ0) is 74.2. The van der Waals surface area contributed by atoms with Crippen LogP contribution in [-0.4, -0.2) is 222 Å². The van der Waals surface area contributed by atoms with Gasteiger partial charge in [0, 0.05) is 59.1 Å². The molecular weight excluding hydrogens is 1290 g/mol. The van der Waals surface area contributed by atoms with E-state index in [4.69, 9.17) is 44.6 Å². The summed E-state index contributed by atoms with van der Waals surface area (Å²) in [7, 11) is 6.11. The first kappa shape index (κ1) is 84.4. The zero-order valence-electron chi connectivity index (χ0n) is 61.0. The maximum Gasteiger partial charge on any atom is 0.410 e. The lowest BCUT2D eigenvalue weighted by atomic mass is 9.89. The minimum atomic E-state index is -1.06. The summed E-state index contributed by atoms with van der Waals surface area (Å²) >= 11 is 0. The molecule has 11 atom stereocenters. The van der Waals surface area contributed by atoms with E-state index >= 15 is 0 Å². The average Bonchev–Trinajstić information content (AvgIpc) is 1.38. The van der Waals surface area contributed by atoms with E-state index in [1.165, 1.54) is 32.2 Å². The van der Waals surface area contributed by atoms with E-state index in [0.717, 1.165) is 0 Å². The molecule has 1 heterocycles. The van der Waals surface area contributed by atoms with Gasteiger partial charge in [0.1, 0.15) is 24.7 Å². The molecule has 1 aliphatic rings. The van der Waals surface area contributed by atoms with Crippen LogP contribution in [0.5, 0.6) is 0 Å². The van der Waals surface area contributed by atoms with Crippen molar-refractivity contribution in [1.82, 2.24) is 41.3 Å². The first-order chi connectivity index (χ1) is 47.6. The van der Waals surface area contributed by atoms with Crippen LogP contribution in [0.2, 0.25) is 0 Å². The normalized spacial score (nSPS) is 16.0. The van der Waals surface area contributed by atoms with Crippen LogP contribution in [0.25, 0.3) is 0 Å². The van der Waals surface area contributed by atoms with Crippen LogP contribution in [0.3, 0.4) is 0 Å². The van der Waals surface area contributed by atoms with Gasteiger partial charge >= 0.3 is 6.09 Å². The Hall–Kier alpha value is -7.99. The number of nitrogens with zero attached hydrogens (tertiary/aromatic N) is 3. The van der Waals surface area contributed by atoms with E-state index in [2.05, 4.69) is 31.9 Å². The fourth-order valence-electron chi connectivity index (χ4n) is 11.9. The van der Waals surface area contributed by atoms with Crippen LogP contribution in [0.15, 0.2) is 72.8 Å². The molecule has 0 aromatic heterocycles. The quantitative estimate of drug-likeness (QED) is 0.0270. The lowest BCUT2D eigenvalue weighted by Crippen LogP contribution is -2.60. The highest BCUT2D eigenvalue weighted by atomic mass is 16.6. The molecular formula is C72H113N11O17. The van der Waals surface area contributed by atoms with Crippen LogP contribution in [0.1, 0.15) is 129 Å². The van der Waals surface area contributed by atoms with Gasteiger partial charge in [0.2, 0.25) is 41.4 Å². The van der Waals surface area contributed by atoms with E-state index in [-0.39, 0.29) is 75.4 Å². The standard InChI is InChI=1S/C72H113N11O17/c1-15-47(8)64(57(94-13)41-60(86)83-31-19-22-56(83)66(95-14)48(9)67(88)77-49(10)65(87)51-20-17-16-18-21-51)81(11)71(92)62(45(4)5)80-70(91)63(46(6)7)82(12)72(93)100-43-50-23-26-53(27-24-50)78-59(85)42-76-69(90)61(44(2)3)79-58(84)29-32-96-34-36-98-38-39-99-37-35-97-33-30-75-68(89)52-25-28-54(73)55(74)40-52/h16-18,20-21,23-28,40,44-49,56-57,61-66,87H,15,19,22,29-39,41-43,73-74H2,1-14H3,(H,75,89)(H,76,90)(H,77,88)(H,78,85)(H,79,84)(H,80,91). The molecule has 0 aliphatic carbocycles. The topological polar surface area (TPSA) is 372 Å². The van der Waals surface area contributed by atoms with Crippen molar-refractivity contribution in [2.75, 3.05) is 118 Å². The lowest BCUT2D eigenvalue weighted by Gasteiger charge is -2.41. The maximum absolute atomic E-state index is 14.8. The molecule has 28 nitrogen and oxygen atoms in total. The van der Waals surface area contributed by atoms with Gasteiger partial charge in [-0.3, -0.25) is 43.3 Å². The minimum absolute atomic E-state index is 0.0109. The monoisotopic (exact) mass is 1400 g/mol. The number of likely N-dealkylation sites (tertiary alicyclic amines) is 1. The molecule has 3 aromatic carbocycles. The summed E-state index contributed by atoms with van der Waals surface area (Å²) in [5, 5.41) is 27.6. The number of ether oxygens (including phenoxy) is 7. The molecule has 1 aliphatic heterocycles. The number of aliphatic hydroxyl groups is 1. The van der Waals surface area contributed by atoms with E-state index in [1.54, 1.807) is 107 Å². The highest BCUT2D eigenvalue weighted by Crippen LogP contribution is 2.31. The number of benzene rings is 3. The number of anilines is 3. The van der Waals surface area contributed by atoms with E-state index < -0.39 is 108 Å². The van der Waals surface area contributed by atoms with Crippen LogP contribution >= 0.6 is 0 Å². The highest BCUT2D eigenvalue weighted by molar-refractivity contribution is 5.97. The number of rotatable bonds is 44. The Bertz CT molecular complexity index is 3050. The van der Waals surface area contributed by atoms with Gasteiger partial charge in [0.15, 0.2) is 0 Å². The van der Waals surface area contributed by atoms with Crippen molar-refractivity contribution in [3.8, 4) is 0 Å². The molecule has 100 heavy (non-hydrogen) atoms. The number of methoxy groups -OCH3 is 2. The fraction of sp³-hybridized carbons (Fsp3) is 0.625. The Kier molecular flexibility index (Phi) is 36.8. The summed E-state index contributed by atoms with van der Waals surface area (Å²) in [6.45, 7) is 20.5. The number of aliphatic hydroxyl groups excluding tert-OH is 1. The second-order valence-corrected chi connectivity index (χ2v) is 26.4. The molecule has 558 valence electrons. The molecule has 11 N–H and O–H groups in total. The van der Waals surface area contributed by atoms with Gasteiger partial charge in [-0.25, -0.2) is 4.79 Å². The lowest BCUT2D eigenvalue weighted by molar-refractivity contribution is -0.148. The van der Waals surface area contributed by atoms with Gasteiger partial charge < -0.3 is 91.4 Å². The first-order valence-electron chi connectivity index (χ1n) is 34.6. The number of carbonyl (C=O) groups is 9. The van der Waals surface area contributed by atoms with Crippen LogP contribution in [-0.2, 0) is 73.3 Å². The molecule has 1 saturated heterocycles. The first-order valence-corrected chi connectivity index (χ1v) is 34.6. The van der Waals surface area contributed by atoms with Crippen molar-refractivity contribution < 1.29 is 81.4 Å². The van der Waals surface area contributed by atoms with Gasteiger partial charge in [0.25, 0.3) is 5.91 Å². The molecule has 0 spiro atoms. The fourth-order valence-corrected chi connectivity index (χ4v) is 11.9. The minimum Gasteiger partial charge on any atom is -0.445 e. The third-order valence-corrected chi connectivity index (χ3v) is 17.8. The van der Waals surface area contributed by atoms with Crippen molar-refractivity contribution in [2.45, 2.75) is 163 Å². The van der Waals surface area contributed by atoms with Gasteiger partial charge in [0.05, 0.1) is 120 Å². The molecule has 4 rings (SSSR count). The number of likely N-dealkylation sites (N-methyl/N-ethyl adjacent to an activating group) is 2. The Labute approximate surface area is 590 Å². The summed E-state index contributed by atoms with van der Waals surface area (Å²) in [4.78, 5) is 127. The SMILES string of the molecule is CCC(C)C(C(CC(=O)N1CCCC1C(OC)C(C)C(=O)NC(C)C(O)c1ccccc1)OC)N(C)C(=O)C(NC(=O)C(C(C)C)N(C)C(=O)OCc1ccc(NC(=O)CNC(=O)C(NC(=O)CCOCCOCCOCCOCCNC(=O)c2ccc(N)c(N)c2)C(C)C)cc1)C(C)C. The second-order valence-electron chi connectivity index (χ2n) is 26.4. The Morgan fingerprint density at radius 2 is 1.26 bits per heavy atom. The number of hydrogen-bond donors (Lipinski definition) is 9. The predicted octanol–water partition coefficient (Wildman–Crippen LogP) is 4.83. The third kappa shape index (κ3) is 26.8. The third-order valence-electron chi connectivity index (χ3n) is 17.8. The van der Waals surface area contributed by atoms with Crippen molar-refractivity contribution in [3.05, 3.63) is 89.5 Å². The Balaban J connectivity index is 1.19. The van der Waals surface area contributed by atoms with Gasteiger partial charge in [-0.05, 0) is 84.9 Å². The van der Waals surface area contributed by atoms with Crippen LogP contribution in [0, 0.1) is 29.6 Å². The molecule has 11 unspecified atom stereocenters. The van der Waals surface area contributed by atoms with Crippen LogP contribution < -0.4 is 43.4 Å². The molecule has 28 heteroatoms. The largest absolute Gasteiger partial charge is 0.445 e. The molecule has 0 saturated carbocycles. The second kappa shape index (κ2) is 43.6. The summed E-state index contributed by atoms with van der Waals surface area (Å²) in [6.07, 6.45) is -1.34. The zero-order valence-corrected chi connectivity index (χ0v) is 61.0. The Morgan fingerprint density at radius 1 is 0.650 bits per heavy atom.